The van der Waals surface area contributed by atoms with Gasteiger partial charge in [-0.15, -0.1) is 0 Å². The van der Waals surface area contributed by atoms with Crippen molar-refractivity contribution in [3.63, 3.8) is 0 Å². The first-order valence-electron chi connectivity index (χ1n) is 16.0. The van der Waals surface area contributed by atoms with E-state index >= 15 is 0 Å². The van der Waals surface area contributed by atoms with E-state index < -0.39 is 0 Å². The van der Waals surface area contributed by atoms with Crippen LogP contribution in [0, 0.1) is 0 Å². The van der Waals surface area contributed by atoms with Gasteiger partial charge in [0.25, 0.3) is 0 Å². The van der Waals surface area contributed by atoms with Gasteiger partial charge in [-0.1, -0.05) is 97.1 Å². The Labute approximate surface area is 262 Å². The van der Waals surface area contributed by atoms with Gasteiger partial charge in [0.05, 0.1) is 17.1 Å². The van der Waals surface area contributed by atoms with E-state index in [0.29, 0.717) is 5.92 Å². The minimum absolute atomic E-state index is 0.277. The molecule has 2 aromatic heterocycles. The summed E-state index contributed by atoms with van der Waals surface area (Å²) in [5.74, 6) is 0.311. The number of hydrogen-bond donors (Lipinski definition) is 1. The number of anilines is 2. The number of fused-ring (bicyclic) bond motifs is 10. The zero-order valence-corrected chi connectivity index (χ0v) is 24.8. The third kappa shape index (κ3) is 3.58. The van der Waals surface area contributed by atoms with Crippen molar-refractivity contribution in [1.29, 1.82) is 0 Å². The summed E-state index contributed by atoms with van der Waals surface area (Å²) in [6.07, 6.45) is 14.0. The van der Waals surface area contributed by atoms with Gasteiger partial charge in [-0.2, -0.15) is 0 Å². The maximum atomic E-state index is 3.77. The van der Waals surface area contributed by atoms with Crippen LogP contribution < -0.4 is 4.90 Å². The fourth-order valence-corrected chi connectivity index (χ4v) is 8.16. The summed E-state index contributed by atoms with van der Waals surface area (Å²) in [5, 5.41) is 3.95. The smallest absolute Gasteiger partial charge is 0.0630 e. The Kier molecular flexibility index (Phi) is 5.23. The lowest BCUT2D eigenvalue weighted by Gasteiger charge is -2.29. The van der Waals surface area contributed by atoms with Crippen LogP contribution in [0.5, 0.6) is 0 Å². The molecule has 3 heteroatoms. The second-order valence-electron chi connectivity index (χ2n) is 12.5. The number of aromatic amines is 1. The molecule has 3 nitrogen and oxygen atoms in total. The molecule has 3 heterocycles. The van der Waals surface area contributed by atoms with Crippen LogP contribution in [0.15, 0.2) is 140 Å². The van der Waals surface area contributed by atoms with Crippen LogP contribution in [-0.2, 0) is 6.42 Å². The molecule has 10 rings (SSSR count). The number of hydrogen-bond acceptors (Lipinski definition) is 1. The zero-order valence-electron chi connectivity index (χ0n) is 24.8. The summed E-state index contributed by atoms with van der Waals surface area (Å²) in [7, 11) is 0. The van der Waals surface area contributed by atoms with Gasteiger partial charge in [0.1, 0.15) is 0 Å². The summed E-state index contributed by atoms with van der Waals surface area (Å²) in [6, 6.07) is 42.4. The maximum Gasteiger partial charge on any atom is 0.0630 e. The third-order valence-corrected chi connectivity index (χ3v) is 10.1. The van der Waals surface area contributed by atoms with Gasteiger partial charge in [0.15, 0.2) is 0 Å². The fourth-order valence-electron chi connectivity index (χ4n) is 8.16. The van der Waals surface area contributed by atoms with Gasteiger partial charge in [-0.25, -0.2) is 0 Å². The van der Waals surface area contributed by atoms with Crippen LogP contribution in [0.3, 0.4) is 0 Å². The minimum atomic E-state index is 0.277. The predicted molar refractivity (Wildman–Crippen MR) is 189 cm³/mol. The SMILES string of the molecule is C1=Cc2c(c3c4[nH]c5ccccc5c4ccc3n2-c2ccc(C3=CC4c5ccccc5N(c5ccccc5)C4C=C3)cc2)CC1. The number of para-hydroxylation sites is 3. The predicted octanol–water partition coefficient (Wildman–Crippen LogP) is 10.5. The van der Waals surface area contributed by atoms with E-state index in [-0.39, 0.29) is 6.04 Å². The monoisotopic (exact) mass is 577 g/mol. The molecule has 214 valence electrons. The summed E-state index contributed by atoms with van der Waals surface area (Å²) < 4.78 is 2.46. The third-order valence-electron chi connectivity index (χ3n) is 10.1. The lowest BCUT2D eigenvalue weighted by Crippen LogP contribution is -2.28. The molecular formula is C42H31N3. The minimum Gasteiger partial charge on any atom is -0.354 e. The molecule has 45 heavy (non-hydrogen) atoms. The zero-order chi connectivity index (χ0) is 29.5. The number of nitrogens with one attached hydrogen (secondary N) is 1. The highest BCUT2D eigenvalue weighted by Gasteiger charge is 2.38. The number of rotatable bonds is 3. The molecule has 0 spiro atoms. The molecule has 2 atom stereocenters. The Morgan fingerprint density at radius 2 is 1.51 bits per heavy atom. The Bertz CT molecular complexity index is 2380. The van der Waals surface area contributed by atoms with Crippen LogP contribution in [0.25, 0.3) is 50.0 Å². The summed E-state index contributed by atoms with van der Waals surface area (Å²) in [5.41, 5.74) is 14.1. The topological polar surface area (TPSA) is 24.0 Å². The molecule has 0 radical (unpaired) electrons. The quantitative estimate of drug-likeness (QED) is 0.222. The highest BCUT2D eigenvalue weighted by Crippen LogP contribution is 2.49. The maximum absolute atomic E-state index is 3.77. The molecule has 0 saturated heterocycles. The summed E-state index contributed by atoms with van der Waals surface area (Å²) >= 11 is 0. The number of aryl methyl sites for hydroxylation is 1. The fraction of sp³-hybridized carbons (Fsp3) is 0.0952. The van der Waals surface area contributed by atoms with Crippen molar-refractivity contribution >= 4 is 55.7 Å². The second kappa shape index (κ2) is 9.48. The van der Waals surface area contributed by atoms with E-state index in [2.05, 4.69) is 160 Å². The molecule has 0 bridgehead atoms. The van der Waals surface area contributed by atoms with Crippen molar-refractivity contribution in [3.05, 3.63) is 162 Å². The first-order valence-corrected chi connectivity index (χ1v) is 16.0. The Morgan fingerprint density at radius 3 is 2.42 bits per heavy atom. The molecule has 1 N–H and O–H groups in total. The molecule has 3 aliphatic rings. The van der Waals surface area contributed by atoms with Crippen molar-refractivity contribution in [2.75, 3.05) is 4.90 Å². The molecule has 5 aromatic carbocycles. The molecule has 7 aromatic rings. The van der Waals surface area contributed by atoms with Gasteiger partial charge in [-0.3, -0.25) is 0 Å². The Balaban J connectivity index is 1.06. The molecule has 2 aliphatic carbocycles. The molecule has 0 saturated carbocycles. The van der Waals surface area contributed by atoms with E-state index in [1.807, 2.05) is 0 Å². The van der Waals surface area contributed by atoms with Gasteiger partial charge in [0, 0.05) is 50.3 Å². The largest absolute Gasteiger partial charge is 0.354 e. The molecule has 1 aliphatic heterocycles. The van der Waals surface area contributed by atoms with Crippen LogP contribution in [-0.4, -0.2) is 15.6 Å². The highest BCUT2D eigenvalue weighted by atomic mass is 15.2. The van der Waals surface area contributed by atoms with E-state index in [4.69, 9.17) is 0 Å². The molecule has 0 amide bonds. The van der Waals surface area contributed by atoms with Crippen molar-refractivity contribution in [2.24, 2.45) is 0 Å². The number of benzene rings is 5. The molecule has 2 unspecified atom stereocenters. The van der Waals surface area contributed by atoms with Gasteiger partial charge >= 0.3 is 0 Å². The summed E-state index contributed by atoms with van der Waals surface area (Å²) in [4.78, 5) is 6.26. The average molecular weight is 578 g/mol. The number of nitrogens with zero attached hydrogens (tertiary/aromatic N) is 2. The van der Waals surface area contributed by atoms with Crippen molar-refractivity contribution in [3.8, 4) is 5.69 Å². The number of aromatic nitrogens is 2. The highest BCUT2D eigenvalue weighted by molar-refractivity contribution is 6.18. The standard InChI is InChI=1S/C42H31N3/c1-2-10-29(11-3-1)44-37-16-8-5-13-32(37)35-26-28(20-24-39(35)44)27-18-21-30(22-19-27)45-38-17-9-6-14-34(38)41-40(45)25-23-33-31-12-4-7-15-36(31)43-42(33)41/h1-5,7-13,15-26,35,39,43H,6,14H2. The average Bonchev–Trinajstić information content (AvgIpc) is 3.76. The van der Waals surface area contributed by atoms with Gasteiger partial charge < -0.3 is 14.5 Å². The number of allylic oxidation sites excluding steroid dienone is 3. The van der Waals surface area contributed by atoms with E-state index in [9.17, 15) is 0 Å². The Morgan fingerprint density at radius 1 is 0.689 bits per heavy atom. The van der Waals surface area contributed by atoms with Crippen LogP contribution >= 0.6 is 0 Å². The van der Waals surface area contributed by atoms with Gasteiger partial charge in [-0.05, 0) is 83.6 Å². The Hall–Kier alpha value is -5.54. The lowest BCUT2D eigenvalue weighted by molar-refractivity contribution is 0.747. The van der Waals surface area contributed by atoms with Crippen LogP contribution in [0.1, 0.15) is 34.7 Å². The van der Waals surface area contributed by atoms with E-state index in [1.54, 1.807) is 0 Å². The first-order chi connectivity index (χ1) is 22.3. The number of H-pyrrole nitrogens is 1. The van der Waals surface area contributed by atoms with Crippen LogP contribution in [0.4, 0.5) is 11.4 Å². The molecular weight excluding hydrogens is 546 g/mol. The van der Waals surface area contributed by atoms with Gasteiger partial charge in [0.2, 0.25) is 0 Å². The van der Waals surface area contributed by atoms with Crippen LogP contribution in [0.2, 0.25) is 0 Å². The summed E-state index contributed by atoms with van der Waals surface area (Å²) in [6.45, 7) is 0. The molecule has 0 fully saturated rings. The van der Waals surface area contributed by atoms with Crippen molar-refractivity contribution < 1.29 is 0 Å². The second-order valence-corrected chi connectivity index (χ2v) is 12.5. The lowest BCUT2D eigenvalue weighted by atomic mass is 9.86. The van der Waals surface area contributed by atoms with E-state index in [0.717, 1.165) is 12.8 Å². The van der Waals surface area contributed by atoms with E-state index in [1.165, 1.54) is 77.7 Å². The first kappa shape index (κ1) is 24.9. The van der Waals surface area contributed by atoms with Crippen molar-refractivity contribution in [1.82, 2.24) is 9.55 Å². The normalized spacial score (nSPS) is 18.4. The van der Waals surface area contributed by atoms with Crippen molar-refractivity contribution in [2.45, 2.75) is 24.8 Å².